The monoisotopic (exact) mass is 377 g/mol. The Morgan fingerprint density at radius 2 is 2.00 bits per heavy atom. The van der Waals surface area contributed by atoms with Crippen molar-refractivity contribution >= 4 is 28.9 Å². The van der Waals surface area contributed by atoms with Crippen LogP contribution in [0.1, 0.15) is 45.1 Å². The number of allylic oxidation sites excluding steroid dienone is 2. The van der Waals surface area contributed by atoms with E-state index in [-0.39, 0.29) is 0 Å². The number of nitrogens with zero attached hydrogens (tertiary/aromatic N) is 3. The fourth-order valence-electron chi connectivity index (χ4n) is 3.09. The Labute approximate surface area is 168 Å². The number of imidazole rings is 1. The van der Waals surface area contributed by atoms with Crippen molar-refractivity contribution in [3.63, 3.8) is 0 Å². The van der Waals surface area contributed by atoms with Crippen molar-refractivity contribution < 1.29 is 0 Å². The molecular weight excluding hydrogens is 346 g/mol. The van der Waals surface area contributed by atoms with Gasteiger partial charge in [-0.2, -0.15) is 0 Å². The number of rotatable bonds is 10. The number of hydrogen-bond donors (Lipinski definition) is 2. The molecule has 0 aliphatic heterocycles. The molecule has 0 amide bonds. The molecule has 2 N–H and O–H groups in total. The lowest BCUT2D eigenvalue weighted by Crippen LogP contribution is -2.25. The van der Waals surface area contributed by atoms with Crippen molar-refractivity contribution in [1.29, 1.82) is 0 Å². The Morgan fingerprint density at radius 3 is 2.61 bits per heavy atom. The molecular formula is C23H31N5. The fraction of sp³-hybridized carbons (Fsp3) is 0.348. The maximum absolute atomic E-state index is 4.68. The summed E-state index contributed by atoms with van der Waals surface area (Å²) in [5.41, 5.74) is 7.66. The predicted octanol–water partition coefficient (Wildman–Crippen LogP) is 5.38. The van der Waals surface area contributed by atoms with Crippen LogP contribution in [0.25, 0.3) is 11.3 Å². The molecule has 0 unspecified atom stereocenters. The van der Waals surface area contributed by atoms with Gasteiger partial charge in [0.05, 0.1) is 11.4 Å². The Hall–Kier alpha value is -3.04. The lowest BCUT2D eigenvalue weighted by atomic mass is 10.2. The topological polar surface area (TPSA) is 56.3 Å². The van der Waals surface area contributed by atoms with Gasteiger partial charge in [-0.15, -0.1) is 5.73 Å². The zero-order chi connectivity index (χ0) is 20.4. The van der Waals surface area contributed by atoms with E-state index in [1.54, 1.807) is 13.3 Å². The van der Waals surface area contributed by atoms with Crippen LogP contribution in [0, 0.1) is 0 Å². The Balaban J connectivity index is 2.32. The third-order valence-corrected chi connectivity index (χ3v) is 4.35. The SMILES string of the molecule is C=C=C(Nc1ccccc1N(CCC)CCC)c1c[nH]c(C(/C=N\C)=C/C)n1. The number of aliphatic imine (C=N–C) groups is 1. The van der Waals surface area contributed by atoms with Crippen molar-refractivity contribution in [2.24, 2.45) is 4.99 Å². The first-order valence-corrected chi connectivity index (χ1v) is 9.84. The summed E-state index contributed by atoms with van der Waals surface area (Å²) in [7, 11) is 1.75. The molecule has 0 saturated heterocycles. The van der Waals surface area contributed by atoms with E-state index < -0.39 is 0 Å². The summed E-state index contributed by atoms with van der Waals surface area (Å²) in [4.78, 5) is 14.4. The highest BCUT2D eigenvalue weighted by atomic mass is 15.1. The first-order chi connectivity index (χ1) is 13.7. The quantitative estimate of drug-likeness (QED) is 0.432. The lowest BCUT2D eigenvalue weighted by Gasteiger charge is -2.26. The molecule has 28 heavy (non-hydrogen) atoms. The highest BCUT2D eigenvalue weighted by Gasteiger charge is 2.13. The van der Waals surface area contributed by atoms with Gasteiger partial charge < -0.3 is 15.2 Å². The number of aromatic nitrogens is 2. The Bertz CT molecular complexity index is 863. The molecule has 5 nitrogen and oxygen atoms in total. The largest absolute Gasteiger partial charge is 0.370 e. The second-order valence-electron chi connectivity index (χ2n) is 6.45. The van der Waals surface area contributed by atoms with Gasteiger partial charge in [0, 0.05) is 38.1 Å². The van der Waals surface area contributed by atoms with Gasteiger partial charge >= 0.3 is 0 Å². The molecule has 148 valence electrons. The van der Waals surface area contributed by atoms with Crippen LogP contribution in [-0.4, -0.2) is 36.3 Å². The summed E-state index contributed by atoms with van der Waals surface area (Å²) < 4.78 is 0. The summed E-state index contributed by atoms with van der Waals surface area (Å²) in [6.45, 7) is 12.3. The summed E-state index contributed by atoms with van der Waals surface area (Å²) in [6.07, 6.45) is 7.83. The molecule has 0 bridgehead atoms. The van der Waals surface area contributed by atoms with Crippen molar-refractivity contribution in [2.45, 2.75) is 33.6 Å². The van der Waals surface area contributed by atoms with E-state index in [0.29, 0.717) is 0 Å². The van der Waals surface area contributed by atoms with Crippen LogP contribution in [0.3, 0.4) is 0 Å². The average Bonchev–Trinajstić information content (AvgIpc) is 3.20. The third-order valence-electron chi connectivity index (χ3n) is 4.35. The number of H-pyrrole nitrogens is 1. The summed E-state index contributed by atoms with van der Waals surface area (Å²) in [6, 6.07) is 8.35. The molecule has 0 radical (unpaired) electrons. The molecule has 0 saturated carbocycles. The Morgan fingerprint density at radius 1 is 1.29 bits per heavy atom. The van der Waals surface area contributed by atoms with Crippen LogP contribution in [0.2, 0.25) is 0 Å². The van der Waals surface area contributed by atoms with Crippen molar-refractivity contribution in [1.82, 2.24) is 9.97 Å². The lowest BCUT2D eigenvalue weighted by molar-refractivity contribution is 0.746. The maximum Gasteiger partial charge on any atom is 0.139 e. The van der Waals surface area contributed by atoms with E-state index in [4.69, 9.17) is 0 Å². The number of para-hydroxylation sites is 2. The molecule has 0 fully saturated rings. The minimum absolute atomic E-state index is 0.742. The summed E-state index contributed by atoms with van der Waals surface area (Å²) in [5, 5.41) is 3.48. The Kier molecular flexibility index (Phi) is 8.32. The molecule has 1 aromatic carbocycles. The van der Waals surface area contributed by atoms with Crippen LogP contribution in [0.15, 0.2) is 53.8 Å². The molecule has 2 rings (SSSR count). The van der Waals surface area contributed by atoms with E-state index in [9.17, 15) is 0 Å². The number of hydrogen-bond acceptors (Lipinski definition) is 4. The normalized spacial score (nSPS) is 11.5. The van der Waals surface area contributed by atoms with Gasteiger partial charge in [0.25, 0.3) is 0 Å². The summed E-state index contributed by atoms with van der Waals surface area (Å²) >= 11 is 0. The first kappa shape index (κ1) is 21.3. The summed E-state index contributed by atoms with van der Waals surface area (Å²) in [5.74, 6) is 0.768. The van der Waals surface area contributed by atoms with Crippen LogP contribution >= 0.6 is 0 Å². The molecule has 0 atom stereocenters. The van der Waals surface area contributed by atoms with Gasteiger partial charge in [0.15, 0.2) is 0 Å². The first-order valence-electron chi connectivity index (χ1n) is 9.84. The van der Waals surface area contributed by atoms with Crippen LogP contribution in [-0.2, 0) is 0 Å². The number of benzene rings is 1. The van der Waals surface area contributed by atoms with Gasteiger partial charge in [0.1, 0.15) is 17.2 Å². The minimum atomic E-state index is 0.742. The van der Waals surface area contributed by atoms with Gasteiger partial charge in [0.2, 0.25) is 0 Å². The maximum atomic E-state index is 4.68. The van der Waals surface area contributed by atoms with E-state index in [0.717, 1.165) is 54.4 Å². The van der Waals surface area contributed by atoms with Crippen LogP contribution < -0.4 is 10.2 Å². The van der Waals surface area contributed by atoms with Crippen molar-refractivity contribution in [3.8, 4) is 0 Å². The number of anilines is 2. The van der Waals surface area contributed by atoms with Crippen LogP contribution in [0.4, 0.5) is 11.4 Å². The third kappa shape index (κ3) is 5.24. The van der Waals surface area contributed by atoms with E-state index in [1.807, 2.05) is 25.3 Å². The van der Waals surface area contributed by atoms with Gasteiger partial charge in [-0.1, -0.05) is 38.6 Å². The predicted molar refractivity (Wildman–Crippen MR) is 122 cm³/mol. The van der Waals surface area contributed by atoms with Crippen molar-refractivity contribution in [2.75, 3.05) is 30.4 Å². The highest BCUT2D eigenvalue weighted by Crippen LogP contribution is 2.29. The van der Waals surface area contributed by atoms with Gasteiger partial charge in [-0.05, 0) is 31.9 Å². The molecule has 1 heterocycles. The minimum Gasteiger partial charge on any atom is -0.370 e. The van der Waals surface area contributed by atoms with Crippen LogP contribution in [0.5, 0.6) is 0 Å². The van der Waals surface area contributed by atoms with Gasteiger partial charge in [-0.3, -0.25) is 4.99 Å². The molecule has 2 aromatic rings. The highest BCUT2D eigenvalue weighted by molar-refractivity contribution is 6.08. The molecule has 0 spiro atoms. The number of nitrogens with one attached hydrogen (secondary N) is 2. The zero-order valence-corrected chi connectivity index (χ0v) is 17.4. The number of aromatic amines is 1. The fourth-order valence-corrected chi connectivity index (χ4v) is 3.09. The van der Waals surface area contributed by atoms with E-state index >= 15 is 0 Å². The molecule has 5 heteroatoms. The van der Waals surface area contributed by atoms with Crippen molar-refractivity contribution in [3.05, 3.63) is 60.4 Å². The van der Waals surface area contributed by atoms with E-state index in [2.05, 4.69) is 69.5 Å². The second-order valence-corrected chi connectivity index (χ2v) is 6.45. The molecule has 0 aliphatic rings. The molecule has 1 aromatic heterocycles. The smallest absolute Gasteiger partial charge is 0.139 e. The molecule has 0 aliphatic carbocycles. The standard InChI is InChI=1S/C23H31N5/c1-6-14-28(15-7-2)22-13-11-10-12-20(22)26-19(9-4)21-17-25-23(27-21)18(8-3)16-24-5/h8,10-13,16-17,26H,4,6-7,14-15H2,1-3,5H3,(H,25,27)/b18-8+,24-16-. The van der Waals surface area contributed by atoms with E-state index in [1.165, 1.54) is 5.69 Å². The second kappa shape index (κ2) is 11.0. The van der Waals surface area contributed by atoms with Gasteiger partial charge in [-0.25, -0.2) is 4.98 Å². The average molecular weight is 378 g/mol. The zero-order valence-electron chi connectivity index (χ0n) is 17.4.